The molecule has 2 fully saturated rings. The van der Waals surface area contributed by atoms with Gasteiger partial charge in [-0.2, -0.15) is 4.31 Å². The van der Waals surface area contributed by atoms with Gasteiger partial charge in [0.25, 0.3) is 5.91 Å². The number of piperidine rings is 1. The van der Waals surface area contributed by atoms with E-state index >= 15 is 0 Å². The van der Waals surface area contributed by atoms with E-state index in [4.69, 9.17) is 10.5 Å². The minimum absolute atomic E-state index is 0. The number of carbonyl (C=O) groups is 1. The van der Waals surface area contributed by atoms with Crippen molar-refractivity contribution in [1.29, 1.82) is 0 Å². The molecule has 0 aliphatic carbocycles. The summed E-state index contributed by atoms with van der Waals surface area (Å²) in [6.07, 6.45) is 2.69. The number of likely N-dealkylation sites (tertiary alicyclic amines) is 1. The molecule has 3 atom stereocenters. The van der Waals surface area contributed by atoms with Crippen molar-refractivity contribution in [3.05, 3.63) is 29.8 Å². The van der Waals surface area contributed by atoms with Gasteiger partial charge in [-0.25, -0.2) is 8.42 Å². The molecule has 158 valence electrons. The van der Waals surface area contributed by atoms with E-state index in [1.807, 2.05) is 18.7 Å². The average molecular weight is 432 g/mol. The third kappa shape index (κ3) is 4.86. The predicted octanol–water partition coefficient (Wildman–Crippen LogP) is 1.86. The van der Waals surface area contributed by atoms with E-state index < -0.39 is 10.0 Å². The number of halogens is 1. The van der Waals surface area contributed by atoms with Crippen molar-refractivity contribution in [1.82, 2.24) is 9.21 Å². The minimum atomic E-state index is -3.60. The maximum absolute atomic E-state index is 12.9. The van der Waals surface area contributed by atoms with Crippen molar-refractivity contribution in [3.8, 4) is 0 Å². The number of rotatable bonds is 4. The second-order valence-electron chi connectivity index (χ2n) is 7.49. The lowest BCUT2D eigenvalue weighted by Crippen LogP contribution is -2.48. The Balaban J connectivity index is 0.00000280. The van der Waals surface area contributed by atoms with Crippen LogP contribution in [0.4, 0.5) is 0 Å². The van der Waals surface area contributed by atoms with Crippen LogP contribution in [0.3, 0.4) is 0 Å². The molecule has 2 aliphatic heterocycles. The first kappa shape index (κ1) is 23.1. The van der Waals surface area contributed by atoms with Gasteiger partial charge in [0.05, 0.1) is 17.1 Å². The van der Waals surface area contributed by atoms with Crippen LogP contribution in [-0.4, -0.2) is 68.0 Å². The lowest BCUT2D eigenvalue weighted by molar-refractivity contribution is -0.0440. The summed E-state index contributed by atoms with van der Waals surface area (Å²) < 4.78 is 32.9. The molecule has 0 spiro atoms. The summed E-state index contributed by atoms with van der Waals surface area (Å²) in [5.74, 6) is -0.0808. The number of ether oxygens (including phenoxy) is 1. The number of hydrogen-bond donors (Lipinski definition) is 1. The Hall–Kier alpha value is -1.19. The summed E-state index contributed by atoms with van der Waals surface area (Å²) in [4.78, 5) is 14.8. The SMILES string of the molecule is CC1CN(S(=O)(=O)c2ccc(C(=O)N3CCCCC3CN)cc2)CC(C)O1.Cl. The van der Waals surface area contributed by atoms with Crippen LogP contribution in [0.2, 0.25) is 0 Å². The second kappa shape index (κ2) is 9.54. The van der Waals surface area contributed by atoms with Gasteiger partial charge in [-0.1, -0.05) is 0 Å². The summed E-state index contributed by atoms with van der Waals surface area (Å²) in [5, 5.41) is 0. The van der Waals surface area contributed by atoms with Crippen LogP contribution < -0.4 is 5.73 Å². The third-order valence-corrected chi connectivity index (χ3v) is 7.13. The zero-order valence-corrected chi connectivity index (χ0v) is 18.0. The number of morpholine rings is 1. The highest BCUT2D eigenvalue weighted by molar-refractivity contribution is 7.89. The summed E-state index contributed by atoms with van der Waals surface area (Å²) >= 11 is 0. The van der Waals surface area contributed by atoms with Crippen LogP contribution in [0, 0.1) is 0 Å². The molecule has 7 nitrogen and oxygen atoms in total. The second-order valence-corrected chi connectivity index (χ2v) is 9.43. The Morgan fingerprint density at radius 1 is 1.14 bits per heavy atom. The predicted molar refractivity (Wildman–Crippen MR) is 110 cm³/mol. The van der Waals surface area contributed by atoms with Gasteiger partial charge in [0.2, 0.25) is 10.0 Å². The standard InChI is InChI=1S/C19H29N3O4S.ClH/c1-14-12-21(13-15(2)26-14)27(24,25)18-8-6-16(7-9-18)19(23)22-10-4-3-5-17(22)11-20;/h6-9,14-15,17H,3-5,10-13,20H2,1-2H3;1H. The highest BCUT2D eigenvalue weighted by Crippen LogP contribution is 2.23. The summed E-state index contributed by atoms with van der Waals surface area (Å²) in [7, 11) is -3.60. The smallest absolute Gasteiger partial charge is 0.254 e. The maximum atomic E-state index is 12.9. The van der Waals surface area contributed by atoms with Gasteiger partial charge >= 0.3 is 0 Å². The number of sulfonamides is 1. The van der Waals surface area contributed by atoms with Crippen molar-refractivity contribution in [3.63, 3.8) is 0 Å². The molecule has 2 heterocycles. The monoisotopic (exact) mass is 431 g/mol. The molecule has 0 saturated carbocycles. The highest BCUT2D eigenvalue weighted by Gasteiger charge is 2.32. The van der Waals surface area contributed by atoms with Gasteiger partial charge in [0.15, 0.2) is 0 Å². The normalized spacial score (nSPS) is 26.5. The summed E-state index contributed by atoms with van der Waals surface area (Å²) in [6.45, 7) is 5.55. The lowest BCUT2D eigenvalue weighted by Gasteiger charge is -2.35. The largest absolute Gasteiger partial charge is 0.373 e. The molecule has 0 radical (unpaired) electrons. The van der Waals surface area contributed by atoms with Gasteiger partial charge in [-0.05, 0) is 57.4 Å². The van der Waals surface area contributed by atoms with E-state index in [2.05, 4.69) is 0 Å². The first-order valence-corrected chi connectivity index (χ1v) is 11.0. The Morgan fingerprint density at radius 3 is 2.32 bits per heavy atom. The van der Waals surface area contributed by atoms with Crippen molar-refractivity contribution in [2.75, 3.05) is 26.2 Å². The van der Waals surface area contributed by atoms with Gasteiger partial charge in [0, 0.05) is 37.8 Å². The number of nitrogens with zero attached hydrogens (tertiary/aromatic N) is 2. The topological polar surface area (TPSA) is 92.9 Å². The third-order valence-electron chi connectivity index (χ3n) is 5.29. The number of carbonyl (C=O) groups excluding carboxylic acids is 1. The summed E-state index contributed by atoms with van der Waals surface area (Å²) in [5.41, 5.74) is 6.30. The summed E-state index contributed by atoms with van der Waals surface area (Å²) in [6, 6.07) is 6.31. The van der Waals surface area contributed by atoms with Crippen LogP contribution in [0.5, 0.6) is 0 Å². The van der Waals surface area contributed by atoms with Crippen LogP contribution in [0.1, 0.15) is 43.5 Å². The molecule has 1 aromatic rings. The zero-order chi connectivity index (χ0) is 19.6. The zero-order valence-electron chi connectivity index (χ0n) is 16.4. The molecule has 3 rings (SSSR count). The number of nitrogens with two attached hydrogens (primary N) is 1. The van der Waals surface area contributed by atoms with Crippen molar-refractivity contribution < 1.29 is 17.9 Å². The molecule has 9 heteroatoms. The first-order valence-electron chi connectivity index (χ1n) is 9.59. The Bertz CT molecular complexity index is 762. The average Bonchev–Trinajstić information content (AvgIpc) is 2.66. The lowest BCUT2D eigenvalue weighted by atomic mass is 10.0. The van der Waals surface area contributed by atoms with Crippen molar-refractivity contribution in [2.45, 2.75) is 56.3 Å². The fraction of sp³-hybridized carbons (Fsp3) is 0.632. The number of benzene rings is 1. The fourth-order valence-electron chi connectivity index (χ4n) is 3.92. The van der Waals surface area contributed by atoms with Crippen LogP contribution in [-0.2, 0) is 14.8 Å². The highest BCUT2D eigenvalue weighted by atomic mass is 35.5. The van der Waals surface area contributed by atoms with Crippen LogP contribution in [0.25, 0.3) is 0 Å². The van der Waals surface area contributed by atoms with Gasteiger partial charge in [-0.3, -0.25) is 4.79 Å². The number of amides is 1. The van der Waals surface area contributed by atoms with Crippen molar-refractivity contribution in [2.24, 2.45) is 5.73 Å². The van der Waals surface area contributed by atoms with E-state index in [0.29, 0.717) is 31.7 Å². The van der Waals surface area contributed by atoms with Crippen LogP contribution >= 0.6 is 12.4 Å². The van der Waals surface area contributed by atoms with E-state index in [9.17, 15) is 13.2 Å². The molecule has 1 aromatic carbocycles. The van der Waals surface area contributed by atoms with Gasteiger partial charge in [-0.15, -0.1) is 12.4 Å². The molecule has 1 amide bonds. The first-order chi connectivity index (χ1) is 12.8. The Morgan fingerprint density at radius 2 is 1.75 bits per heavy atom. The Kier molecular flexibility index (Phi) is 7.87. The van der Waals surface area contributed by atoms with E-state index in [-0.39, 0.29) is 41.5 Å². The molecule has 0 bridgehead atoms. The number of hydrogen-bond acceptors (Lipinski definition) is 5. The van der Waals surface area contributed by atoms with E-state index in [1.54, 1.807) is 12.1 Å². The fourth-order valence-corrected chi connectivity index (χ4v) is 5.51. The quantitative estimate of drug-likeness (QED) is 0.785. The maximum Gasteiger partial charge on any atom is 0.254 e. The molecular formula is C19H30ClN3O4S. The van der Waals surface area contributed by atoms with Gasteiger partial charge < -0.3 is 15.4 Å². The molecule has 2 N–H and O–H groups in total. The molecule has 28 heavy (non-hydrogen) atoms. The molecular weight excluding hydrogens is 402 g/mol. The minimum Gasteiger partial charge on any atom is -0.373 e. The molecule has 2 saturated heterocycles. The molecule has 3 unspecified atom stereocenters. The molecule has 0 aromatic heterocycles. The van der Waals surface area contributed by atoms with Crippen molar-refractivity contribution >= 4 is 28.3 Å². The van der Waals surface area contributed by atoms with Crippen LogP contribution in [0.15, 0.2) is 29.2 Å². The molecule has 2 aliphatic rings. The van der Waals surface area contributed by atoms with E-state index in [0.717, 1.165) is 19.3 Å². The van der Waals surface area contributed by atoms with Gasteiger partial charge in [0.1, 0.15) is 0 Å². The van der Waals surface area contributed by atoms with E-state index in [1.165, 1.54) is 16.4 Å². The Labute approximate surface area is 173 Å².